The summed E-state index contributed by atoms with van der Waals surface area (Å²) in [5.74, 6) is 0. The zero-order valence-corrected chi connectivity index (χ0v) is 45.5. The molecule has 2 fully saturated rings. The van der Waals surface area contributed by atoms with Gasteiger partial charge < -0.3 is 14.7 Å². The van der Waals surface area contributed by atoms with Crippen molar-refractivity contribution in [2.75, 3.05) is 14.7 Å². The fraction of sp³-hybridized carbons (Fsp3) is 0.438. The third kappa shape index (κ3) is 5.98. The average molecular weight is 926 g/mol. The Morgan fingerprint density at radius 1 is 0.551 bits per heavy atom. The number of aryl methyl sites for hydroxylation is 2. The van der Waals surface area contributed by atoms with Gasteiger partial charge in [0, 0.05) is 50.6 Å². The molecule has 4 atom stereocenters. The normalized spacial score (nSPS) is 25.5. The molecule has 69 heavy (non-hydrogen) atoms. The summed E-state index contributed by atoms with van der Waals surface area (Å²) in [6.07, 6.45) is 9.69. The lowest BCUT2D eigenvalue weighted by Crippen LogP contribution is -2.65. The molecule has 0 spiro atoms. The van der Waals surface area contributed by atoms with Crippen LogP contribution in [0.15, 0.2) is 109 Å². The molecule has 4 unspecified atom stereocenters. The van der Waals surface area contributed by atoms with Gasteiger partial charge in [0.1, 0.15) is 0 Å². The van der Waals surface area contributed by atoms with Crippen LogP contribution in [0.1, 0.15) is 153 Å². The molecule has 12 rings (SSSR count). The SMILES string of the molecule is Cc1cc(C)c2c(c1)N(c1cc3c4c(c1)N1c5c(cc([Si](C)(C)C)cc5C5(c6ccccc6)CCCCC15C)B4c1ccc(C(C)(C)C)cc1N3c1cccc(C(C)(C)C)c1)C1(C)CCCCC21C. The smallest absolute Gasteiger partial charge is 0.252 e. The number of anilines is 7. The second kappa shape index (κ2) is 14.6. The van der Waals surface area contributed by atoms with Crippen molar-refractivity contribution in [1.29, 1.82) is 0 Å². The van der Waals surface area contributed by atoms with Crippen molar-refractivity contribution in [2.24, 2.45) is 0 Å². The Morgan fingerprint density at radius 3 is 1.93 bits per heavy atom. The first-order chi connectivity index (χ1) is 32.5. The van der Waals surface area contributed by atoms with Crippen molar-refractivity contribution in [1.82, 2.24) is 0 Å². The molecule has 2 saturated carbocycles. The highest BCUT2D eigenvalue weighted by molar-refractivity contribution is 7.01. The van der Waals surface area contributed by atoms with E-state index in [1.165, 1.54) is 123 Å². The molecule has 2 aliphatic carbocycles. The second-order valence-corrected chi connectivity index (χ2v) is 31.5. The van der Waals surface area contributed by atoms with Crippen LogP contribution in [0.2, 0.25) is 19.6 Å². The molecule has 6 aliphatic rings. The highest BCUT2D eigenvalue weighted by Crippen LogP contribution is 2.66. The van der Waals surface area contributed by atoms with E-state index in [2.05, 4.69) is 220 Å². The van der Waals surface area contributed by atoms with E-state index < -0.39 is 8.07 Å². The van der Waals surface area contributed by atoms with Gasteiger partial charge >= 0.3 is 0 Å². The van der Waals surface area contributed by atoms with Crippen LogP contribution < -0.4 is 36.3 Å². The van der Waals surface area contributed by atoms with Crippen LogP contribution in [-0.4, -0.2) is 25.9 Å². The van der Waals surface area contributed by atoms with Crippen molar-refractivity contribution in [3.8, 4) is 0 Å². The van der Waals surface area contributed by atoms with Crippen molar-refractivity contribution in [3.05, 3.63) is 148 Å². The number of benzene rings is 6. The topological polar surface area (TPSA) is 9.72 Å². The van der Waals surface area contributed by atoms with Crippen LogP contribution in [-0.2, 0) is 21.7 Å². The molecule has 4 heterocycles. The first-order valence-corrected chi connectivity index (χ1v) is 30.2. The number of fused-ring (bicyclic) bond motifs is 10. The van der Waals surface area contributed by atoms with Gasteiger partial charge in [0.25, 0.3) is 6.71 Å². The molecule has 354 valence electrons. The largest absolute Gasteiger partial charge is 0.335 e. The quantitative estimate of drug-likeness (QED) is 0.163. The first kappa shape index (κ1) is 45.2. The summed E-state index contributed by atoms with van der Waals surface area (Å²) in [5.41, 5.74) is 23.8. The van der Waals surface area contributed by atoms with E-state index in [9.17, 15) is 0 Å². The van der Waals surface area contributed by atoms with Gasteiger partial charge in [-0.05, 0) is 156 Å². The zero-order valence-electron chi connectivity index (χ0n) is 44.5. The van der Waals surface area contributed by atoms with Gasteiger partial charge in [-0.2, -0.15) is 0 Å². The minimum Gasteiger partial charge on any atom is -0.335 e. The lowest BCUT2D eigenvalue weighted by Gasteiger charge is -2.54. The maximum Gasteiger partial charge on any atom is 0.252 e. The minimum absolute atomic E-state index is 0.00477. The highest BCUT2D eigenvalue weighted by Gasteiger charge is 2.65. The second-order valence-electron chi connectivity index (χ2n) is 26.4. The summed E-state index contributed by atoms with van der Waals surface area (Å²) in [5, 5.41) is 1.58. The zero-order chi connectivity index (χ0) is 48.6. The Balaban J connectivity index is 1.26. The minimum atomic E-state index is -1.82. The van der Waals surface area contributed by atoms with E-state index in [1.807, 2.05) is 0 Å². The maximum absolute atomic E-state index is 3.00. The Hall–Kier alpha value is -5.00. The van der Waals surface area contributed by atoms with Crippen LogP contribution >= 0.6 is 0 Å². The molecular weight excluding hydrogens is 850 g/mol. The van der Waals surface area contributed by atoms with Gasteiger partial charge in [-0.15, -0.1) is 0 Å². The summed E-state index contributed by atoms with van der Waals surface area (Å²) in [7, 11) is -1.82. The lowest BCUT2D eigenvalue weighted by atomic mass is 9.33. The summed E-state index contributed by atoms with van der Waals surface area (Å²) < 4.78 is 0. The van der Waals surface area contributed by atoms with Gasteiger partial charge in [-0.25, -0.2) is 0 Å². The number of hydrogen-bond donors (Lipinski definition) is 0. The molecular formula is C64H76BN3Si. The van der Waals surface area contributed by atoms with Crippen molar-refractivity contribution in [2.45, 2.75) is 180 Å². The lowest BCUT2D eigenvalue weighted by molar-refractivity contribution is 0.194. The van der Waals surface area contributed by atoms with E-state index >= 15 is 0 Å². The van der Waals surface area contributed by atoms with Crippen molar-refractivity contribution in [3.63, 3.8) is 0 Å². The Labute approximate surface area is 416 Å². The molecule has 4 aliphatic heterocycles. The molecule has 5 heteroatoms. The number of hydrogen-bond acceptors (Lipinski definition) is 3. The molecule has 6 aromatic carbocycles. The van der Waals surface area contributed by atoms with Crippen LogP contribution in [0, 0.1) is 13.8 Å². The molecule has 0 amide bonds. The monoisotopic (exact) mass is 926 g/mol. The molecule has 3 nitrogen and oxygen atoms in total. The average Bonchev–Trinajstić information content (AvgIpc) is 3.66. The van der Waals surface area contributed by atoms with E-state index in [0.717, 1.165) is 12.8 Å². The van der Waals surface area contributed by atoms with Gasteiger partial charge in [-0.3, -0.25) is 0 Å². The van der Waals surface area contributed by atoms with E-state index in [-0.39, 0.29) is 39.5 Å². The summed E-state index contributed by atoms with van der Waals surface area (Å²) >= 11 is 0. The highest BCUT2D eigenvalue weighted by atomic mass is 28.3. The van der Waals surface area contributed by atoms with Crippen molar-refractivity contribution < 1.29 is 0 Å². The predicted octanol–water partition coefficient (Wildman–Crippen LogP) is 14.6. The number of rotatable bonds is 4. The maximum atomic E-state index is 3.00. The van der Waals surface area contributed by atoms with E-state index in [1.54, 1.807) is 16.3 Å². The van der Waals surface area contributed by atoms with Crippen LogP contribution in [0.3, 0.4) is 0 Å². The van der Waals surface area contributed by atoms with Crippen molar-refractivity contribution >= 4 is 76.2 Å². The van der Waals surface area contributed by atoms with Gasteiger partial charge in [0.15, 0.2) is 0 Å². The third-order valence-corrected chi connectivity index (χ3v) is 21.3. The van der Waals surface area contributed by atoms with Crippen LogP contribution in [0.5, 0.6) is 0 Å². The molecule has 6 aromatic rings. The molecule has 0 N–H and O–H groups in total. The van der Waals surface area contributed by atoms with Gasteiger partial charge in [0.2, 0.25) is 0 Å². The van der Waals surface area contributed by atoms with E-state index in [0.29, 0.717) is 0 Å². The predicted molar refractivity (Wildman–Crippen MR) is 301 cm³/mol. The van der Waals surface area contributed by atoms with Gasteiger partial charge in [-0.1, -0.05) is 172 Å². The van der Waals surface area contributed by atoms with Crippen LogP contribution in [0.4, 0.5) is 39.8 Å². The Bertz CT molecular complexity index is 3130. The van der Waals surface area contributed by atoms with E-state index in [4.69, 9.17) is 0 Å². The molecule has 0 aromatic heterocycles. The molecule has 0 saturated heterocycles. The summed E-state index contributed by atoms with van der Waals surface area (Å²) in [4.78, 5) is 8.62. The van der Waals surface area contributed by atoms with Gasteiger partial charge in [0.05, 0.1) is 19.2 Å². The number of nitrogens with zero attached hydrogens (tertiary/aromatic N) is 3. The summed E-state index contributed by atoms with van der Waals surface area (Å²) in [6, 6.07) is 44.9. The Morgan fingerprint density at radius 2 is 1.22 bits per heavy atom. The standard InChI is InChI=1S/C64H76BN3Si/c1-41-33-42(2)56-53(34-41)67(62(10)30-19-18-29-61(56,62)9)47-37-54-57-55(38-47)68-58-49(64(43-23-16-15-17-24-43)32-21-20-31-63(64,68)11)39-48(69(12,13)14)40-51(58)65(57)50-28-27-45(60(6,7)8)36-52(50)66(54)46-26-22-25-44(35-46)59(3,4)5/h15-17,22-28,33-40H,18-21,29-32H2,1-14H3. The Kier molecular flexibility index (Phi) is 9.53. The molecule has 0 radical (unpaired) electrons. The molecule has 0 bridgehead atoms. The fourth-order valence-corrected chi connectivity index (χ4v) is 16.7. The third-order valence-electron chi connectivity index (χ3n) is 19.2. The first-order valence-electron chi connectivity index (χ1n) is 26.7. The fourth-order valence-electron chi connectivity index (χ4n) is 15.5. The van der Waals surface area contributed by atoms with Crippen LogP contribution in [0.25, 0.3) is 0 Å². The summed E-state index contributed by atoms with van der Waals surface area (Å²) in [6.45, 7) is 34.7.